The number of ether oxygens (including phenoxy) is 2. The van der Waals surface area contributed by atoms with Crippen LogP contribution in [0, 0.1) is 0 Å². The van der Waals surface area contributed by atoms with E-state index in [9.17, 15) is 9.59 Å². The fourth-order valence-electron chi connectivity index (χ4n) is 3.49. The van der Waals surface area contributed by atoms with E-state index in [1.807, 2.05) is 62.4 Å². The summed E-state index contributed by atoms with van der Waals surface area (Å²) in [5.74, 6) is -0.537. The molecule has 3 rings (SSSR count). The Bertz CT molecular complexity index is 832. The maximum Gasteiger partial charge on any atom is 0.308 e. The summed E-state index contributed by atoms with van der Waals surface area (Å²) in [6, 6.07) is 16.7. The Hall–Kier alpha value is -2.70. The number of hydrogen-bond donors (Lipinski definition) is 1. The first-order valence-corrected chi connectivity index (χ1v) is 10.5. The molecule has 160 valence electrons. The molecule has 0 radical (unpaired) electrons. The molecule has 0 spiro atoms. The van der Waals surface area contributed by atoms with Crippen LogP contribution >= 0.6 is 0 Å². The molecule has 6 nitrogen and oxygen atoms in total. The van der Waals surface area contributed by atoms with Crippen LogP contribution in [-0.4, -0.2) is 49.2 Å². The van der Waals surface area contributed by atoms with E-state index in [1.165, 1.54) is 0 Å². The summed E-state index contributed by atoms with van der Waals surface area (Å²) < 4.78 is 10.7. The van der Waals surface area contributed by atoms with Crippen molar-refractivity contribution < 1.29 is 19.1 Å². The van der Waals surface area contributed by atoms with Gasteiger partial charge in [-0.25, -0.2) is 0 Å². The Morgan fingerprint density at radius 2 is 1.80 bits per heavy atom. The van der Waals surface area contributed by atoms with Gasteiger partial charge in [0.15, 0.2) is 0 Å². The predicted octanol–water partition coefficient (Wildman–Crippen LogP) is 3.33. The maximum atomic E-state index is 13.0. The molecule has 2 aromatic rings. The average molecular weight is 411 g/mol. The van der Waals surface area contributed by atoms with Crippen LogP contribution in [0.3, 0.4) is 0 Å². The van der Waals surface area contributed by atoms with E-state index in [0.717, 1.165) is 44.0 Å². The van der Waals surface area contributed by atoms with Gasteiger partial charge in [-0.05, 0) is 37.1 Å². The van der Waals surface area contributed by atoms with E-state index in [-0.39, 0.29) is 24.4 Å². The van der Waals surface area contributed by atoms with E-state index >= 15 is 0 Å². The second-order valence-electron chi connectivity index (χ2n) is 7.77. The Balaban J connectivity index is 1.70. The van der Waals surface area contributed by atoms with Gasteiger partial charge in [-0.3, -0.25) is 14.5 Å². The summed E-state index contributed by atoms with van der Waals surface area (Å²) in [6.07, 6.45) is -0.108. The molecule has 1 N–H and O–H groups in total. The molecule has 30 heavy (non-hydrogen) atoms. The largest absolute Gasteiger partial charge is 0.463 e. The third-order valence-electron chi connectivity index (χ3n) is 4.94. The molecule has 2 aromatic carbocycles. The zero-order valence-electron chi connectivity index (χ0n) is 17.7. The van der Waals surface area contributed by atoms with Gasteiger partial charge >= 0.3 is 5.97 Å². The lowest BCUT2D eigenvalue weighted by molar-refractivity contribution is -0.147. The first kappa shape index (κ1) is 22.0. The molecule has 0 bridgehead atoms. The number of carbonyl (C=O) groups excluding carboxylic acids is 2. The third kappa shape index (κ3) is 6.68. The van der Waals surface area contributed by atoms with E-state index in [0.29, 0.717) is 5.56 Å². The van der Waals surface area contributed by atoms with Crippen LogP contribution in [-0.2, 0) is 20.8 Å². The van der Waals surface area contributed by atoms with Gasteiger partial charge in [0.25, 0.3) is 5.91 Å². The van der Waals surface area contributed by atoms with Crippen LogP contribution in [0.25, 0.3) is 0 Å². The summed E-state index contributed by atoms with van der Waals surface area (Å²) in [5, 5.41) is 3.01. The highest BCUT2D eigenvalue weighted by Gasteiger charge is 2.21. The van der Waals surface area contributed by atoms with Gasteiger partial charge < -0.3 is 14.8 Å². The van der Waals surface area contributed by atoms with E-state index in [2.05, 4.69) is 10.2 Å². The minimum absolute atomic E-state index is 0.0847. The van der Waals surface area contributed by atoms with Gasteiger partial charge in [-0.15, -0.1) is 0 Å². The molecule has 1 atom stereocenters. The zero-order chi connectivity index (χ0) is 21.3. The lowest BCUT2D eigenvalue weighted by Crippen LogP contribution is -2.35. The predicted molar refractivity (Wildman–Crippen MR) is 115 cm³/mol. The maximum absolute atomic E-state index is 13.0. The van der Waals surface area contributed by atoms with E-state index in [1.54, 1.807) is 6.07 Å². The molecule has 1 heterocycles. The monoisotopic (exact) mass is 410 g/mol. The van der Waals surface area contributed by atoms with E-state index < -0.39 is 6.04 Å². The third-order valence-corrected chi connectivity index (χ3v) is 4.94. The van der Waals surface area contributed by atoms with Gasteiger partial charge in [0.05, 0.1) is 31.8 Å². The Morgan fingerprint density at radius 3 is 2.50 bits per heavy atom. The summed E-state index contributed by atoms with van der Waals surface area (Å²) in [6.45, 7) is 7.68. The fourth-order valence-corrected chi connectivity index (χ4v) is 3.49. The highest BCUT2D eigenvalue weighted by Crippen LogP contribution is 2.19. The number of hydrogen-bond acceptors (Lipinski definition) is 5. The van der Waals surface area contributed by atoms with Crippen molar-refractivity contribution in [1.82, 2.24) is 10.2 Å². The summed E-state index contributed by atoms with van der Waals surface area (Å²) >= 11 is 0. The Labute approximate surface area is 178 Å². The van der Waals surface area contributed by atoms with Crippen LogP contribution in [0.4, 0.5) is 0 Å². The SMILES string of the molecule is CC(C)OC(=O)CC(NC(=O)c1cccc(CN2CCOCC2)c1)c1ccccc1. The second kappa shape index (κ2) is 10.9. The minimum Gasteiger partial charge on any atom is -0.463 e. The number of amides is 1. The number of carbonyl (C=O) groups is 2. The van der Waals surface area contributed by atoms with Crippen molar-refractivity contribution in [3.8, 4) is 0 Å². The van der Waals surface area contributed by atoms with Crippen molar-refractivity contribution in [1.29, 1.82) is 0 Å². The molecule has 1 unspecified atom stereocenters. The van der Waals surface area contributed by atoms with Crippen LogP contribution < -0.4 is 5.32 Å². The van der Waals surface area contributed by atoms with Crippen LogP contribution in [0.15, 0.2) is 54.6 Å². The molecular weight excluding hydrogens is 380 g/mol. The quantitative estimate of drug-likeness (QED) is 0.676. The number of rotatable bonds is 8. The zero-order valence-corrected chi connectivity index (χ0v) is 17.7. The molecule has 0 saturated carbocycles. The highest BCUT2D eigenvalue weighted by atomic mass is 16.5. The van der Waals surface area contributed by atoms with Crippen molar-refractivity contribution in [2.45, 2.75) is 39.0 Å². The summed E-state index contributed by atoms with van der Waals surface area (Å²) in [5.41, 5.74) is 2.54. The molecule has 1 aliphatic heterocycles. The van der Waals surface area contributed by atoms with Crippen LogP contribution in [0.1, 0.15) is 47.8 Å². The molecule has 0 aromatic heterocycles. The topological polar surface area (TPSA) is 67.9 Å². The molecule has 6 heteroatoms. The van der Waals surface area contributed by atoms with Gasteiger partial charge in [0.2, 0.25) is 0 Å². The normalized spacial score (nSPS) is 15.6. The van der Waals surface area contributed by atoms with Crippen molar-refractivity contribution in [2.75, 3.05) is 26.3 Å². The van der Waals surface area contributed by atoms with Gasteiger partial charge in [0, 0.05) is 25.2 Å². The number of nitrogens with one attached hydrogen (secondary N) is 1. The van der Waals surface area contributed by atoms with Gasteiger partial charge in [-0.2, -0.15) is 0 Å². The number of esters is 1. The van der Waals surface area contributed by atoms with Crippen molar-refractivity contribution in [3.05, 3.63) is 71.3 Å². The van der Waals surface area contributed by atoms with Crippen molar-refractivity contribution in [2.24, 2.45) is 0 Å². The molecule has 0 aliphatic carbocycles. The average Bonchev–Trinajstić information content (AvgIpc) is 2.74. The van der Waals surface area contributed by atoms with Crippen molar-refractivity contribution in [3.63, 3.8) is 0 Å². The number of nitrogens with zero attached hydrogens (tertiary/aromatic N) is 1. The standard InChI is InChI=1S/C24H30N2O4/c1-18(2)30-23(27)16-22(20-8-4-3-5-9-20)25-24(28)21-10-6-7-19(15-21)17-26-11-13-29-14-12-26/h3-10,15,18,22H,11-14,16-17H2,1-2H3,(H,25,28). The van der Waals surface area contributed by atoms with E-state index in [4.69, 9.17) is 9.47 Å². The minimum atomic E-state index is -0.451. The Kier molecular flexibility index (Phi) is 7.99. The molecule has 1 saturated heterocycles. The summed E-state index contributed by atoms with van der Waals surface area (Å²) in [4.78, 5) is 27.5. The smallest absolute Gasteiger partial charge is 0.308 e. The first-order valence-electron chi connectivity index (χ1n) is 10.5. The molecule has 1 fully saturated rings. The fraction of sp³-hybridized carbons (Fsp3) is 0.417. The van der Waals surface area contributed by atoms with Gasteiger partial charge in [-0.1, -0.05) is 42.5 Å². The second-order valence-corrected chi connectivity index (χ2v) is 7.77. The van der Waals surface area contributed by atoms with Gasteiger partial charge in [0.1, 0.15) is 0 Å². The summed E-state index contributed by atoms with van der Waals surface area (Å²) in [7, 11) is 0. The van der Waals surface area contributed by atoms with Crippen LogP contribution in [0.2, 0.25) is 0 Å². The highest BCUT2D eigenvalue weighted by molar-refractivity contribution is 5.94. The number of morpholine rings is 1. The first-order chi connectivity index (χ1) is 14.5. The lowest BCUT2D eigenvalue weighted by atomic mass is 10.0. The van der Waals surface area contributed by atoms with Crippen LogP contribution in [0.5, 0.6) is 0 Å². The molecular formula is C24H30N2O4. The van der Waals surface area contributed by atoms with Crippen molar-refractivity contribution >= 4 is 11.9 Å². The number of benzene rings is 2. The Morgan fingerprint density at radius 1 is 1.07 bits per heavy atom. The molecule has 1 amide bonds. The molecule has 1 aliphatic rings. The lowest BCUT2D eigenvalue weighted by Gasteiger charge is -2.26.